The summed E-state index contributed by atoms with van der Waals surface area (Å²) in [5, 5.41) is 8.47. The minimum absolute atomic E-state index is 0.0388. The minimum atomic E-state index is -0.0388. The van der Waals surface area contributed by atoms with Crippen LogP contribution in [0.25, 0.3) is 0 Å². The first-order valence-electron chi connectivity index (χ1n) is 5.16. The molecule has 0 unspecified atom stereocenters. The lowest BCUT2D eigenvalue weighted by atomic mass is 10.2. The Morgan fingerprint density at radius 1 is 1.33 bits per heavy atom. The summed E-state index contributed by atoms with van der Waals surface area (Å²) in [5.74, 6) is -0.0388. The molecule has 0 fully saturated rings. The van der Waals surface area contributed by atoms with Crippen molar-refractivity contribution in [2.24, 2.45) is 5.73 Å². The average Bonchev–Trinajstić information content (AvgIpc) is 2.32. The molecule has 0 saturated heterocycles. The van der Waals surface area contributed by atoms with Gasteiger partial charge in [0, 0.05) is 22.9 Å². The quantitative estimate of drug-likeness (QED) is 0.514. The van der Waals surface area contributed by atoms with Crippen molar-refractivity contribution in [1.82, 2.24) is 9.97 Å². The number of hydrogen-bond acceptors (Lipinski definition) is 4. The van der Waals surface area contributed by atoms with Crippen LogP contribution < -0.4 is 5.73 Å². The number of halogens is 1. The van der Waals surface area contributed by atoms with Gasteiger partial charge in [-0.25, -0.2) is 9.97 Å². The van der Waals surface area contributed by atoms with Crippen molar-refractivity contribution in [3.05, 3.63) is 46.7 Å². The van der Waals surface area contributed by atoms with Crippen molar-refractivity contribution >= 4 is 29.2 Å². The van der Waals surface area contributed by atoms with E-state index in [0.717, 1.165) is 10.5 Å². The summed E-state index contributed by atoms with van der Waals surface area (Å²) in [6.45, 7) is 1.94. The number of nitrogen functional groups attached to an aromatic ring is 1. The van der Waals surface area contributed by atoms with Crippen LogP contribution in [0.15, 0.2) is 40.6 Å². The standard InChI is InChI=1S/C12H11ClN4S/c1-7-5-16-12(17-6-7)18-8-2-3-9(11(14)15)10(13)4-8/h2-6H,1H3,(H3,14,15). The Labute approximate surface area is 114 Å². The van der Waals surface area contributed by atoms with Crippen LogP contribution in [0.2, 0.25) is 5.02 Å². The van der Waals surface area contributed by atoms with Crippen molar-refractivity contribution in [1.29, 1.82) is 5.41 Å². The summed E-state index contributed by atoms with van der Waals surface area (Å²) in [7, 11) is 0. The van der Waals surface area contributed by atoms with Gasteiger partial charge in [-0.3, -0.25) is 5.41 Å². The van der Waals surface area contributed by atoms with Gasteiger partial charge >= 0.3 is 0 Å². The molecule has 92 valence electrons. The molecule has 0 amide bonds. The molecular weight excluding hydrogens is 268 g/mol. The lowest BCUT2D eigenvalue weighted by Gasteiger charge is -2.05. The molecule has 0 aliphatic carbocycles. The molecule has 2 aromatic rings. The van der Waals surface area contributed by atoms with E-state index in [4.69, 9.17) is 22.7 Å². The lowest BCUT2D eigenvalue weighted by Crippen LogP contribution is -2.11. The van der Waals surface area contributed by atoms with Gasteiger partial charge in [0.05, 0.1) is 5.02 Å². The Hall–Kier alpha value is -1.59. The van der Waals surface area contributed by atoms with E-state index in [9.17, 15) is 0 Å². The Balaban J connectivity index is 2.22. The van der Waals surface area contributed by atoms with Crippen LogP contribution in [0.4, 0.5) is 0 Å². The molecule has 0 atom stereocenters. The lowest BCUT2D eigenvalue weighted by molar-refractivity contribution is 0.950. The molecule has 1 aromatic carbocycles. The summed E-state index contributed by atoms with van der Waals surface area (Å²) in [5.41, 5.74) is 6.95. The number of amidine groups is 1. The third kappa shape index (κ3) is 3.00. The third-order valence-electron chi connectivity index (χ3n) is 2.20. The highest BCUT2D eigenvalue weighted by molar-refractivity contribution is 7.99. The van der Waals surface area contributed by atoms with Crippen molar-refractivity contribution in [3.8, 4) is 0 Å². The smallest absolute Gasteiger partial charge is 0.192 e. The molecule has 1 aromatic heterocycles. The van der Waals surface area contributed by atoms with Gasteiger partial charge in [-0.2, -0.15) is 0 Å². The maximum Gasteiger partial charge on any atom is 0.192 e. The molecule has 0 saturated carbocycles. The molecule has 6 heteroatoms. The predicted octanol–water partition coefficient (Wildman–Crippen LogP) is 2.87. The second kappa shape index (κ2) is 5.37. The fourth-order valence-corrected chi connectivity index (χ4v) is 2.40. The molecule has 0 radical (unpaired) electrons. The van der Waals surface area contributed by atoms with E-state index >= 15 is 0 Å². The largest absolute Gasteiger partial charge is 0.384 e. The zero-order valence-electron chi connectivity index (χ0n) is 9.64. The highest BCUT2D eigenvalue weighted by Crippen LogP contribution is 2.28. The molecule has 0 aliphatic rings. The maximum atomic E-state index is 7.35. The average molecular weight is 279 g/mol. The highest BCUT2D eigenvalue weighted by Gasteiger charge is 2.06. The number of aryl methyl sites for hydroxylation is 1. The zero-order chi connectivity index (χ0) is 13.1. The Bertz CT molecular complexity index is 583. The number of nitrogens with two attached hydrogens (primary N) is 1. The summed E-state index contributed by atoms with van der Waals surface area (Å²) in [4.78, 5) is 9.32. The van der Waals surface area contributed by atoms with Crippen LogP contribution in [0.3, 0.4) is 0 Å². The minimum Gasteiger partial charge on any atom is -0.384 e. The maximum absolute atomic E-state index is 7.35. The van der Waals surface area contributed by atoms with E-state index in [1.165, 1.54) is 11.8 Å². The van der Waals surface area contributed by atoms with Crippen molar-refractivity contribution in [3.63, 3.8) is 0 Å². The van der Waals surface area contributed by atoms with Crippen molar-refractivity contribution < 1.29 is 0 Å². The van der Waals surface area contributed by atoms with Crippen molar-refractivity contribution in [2.45, 2.75) is 17.0 Å². The van der Waals surface area contributed by atoms with Crippen LogP contribution in [-0.2, 0) is 0 Å². The fraction of sp³-hybridized carbons (Fsp3) is 0.0833. The number of nitrogens with one attached hydrogen (secondary N) is 1. The van der Waals surface area contributed by atoms with Crippen LogP contribution in [0.5, 0.6) is 0 Å². The molecule has 1 heterocycles. The second-order valence-corrected chi connectivity index (χ2v) is 5.15. The van der Waals surface area contributed by atoms with E-state index in [-0.39, 0.29) is 5.84 Å². The first kappa shape index (κ1) is 12.9. The molecule has 0 spiro atoms. The number of nitrogens with zero attached hydrogens (tertiary/aromatic N) is 2. The zero-order valence-corrected chi connectivity index (χ0v) is 11.2. The van der Waals surface area contributed by atoms with Crippen LogP contribution in [0, 0.1) is 12.3 Å². The molecule has 4 nitrogen and oxygen atoms in total. The van der Waals surface area contributed by atoms with E-state index in [0.29, 0.717) is 15.7 Å². The second-order valence-electron chi connectivity index (χ2n) is 3.70. The van der Waals surface area contributed by atoms with Crippen LogP contribution in [0.1, 0.15) is 11.1 Å². The monoisotopic (exact) mass is 278 g/mol. The number of aromatic nitrogens is 2. The number of benzene rings is 1. The normalized spacial score (nSPS) is 10.3. The molecule has 18 heavy (non-hydrogen) atoms. The summed E-state index contributed by atoms with van der Waals surface area (Å²) >= 11 is 7.45. The summed E-state index contributed by atoms with van der Waals surface area (Å²) in [6.07, 6.45) is 3.53. The predicted molar refractivity (Wildman–Crippen MR) is 73.4 cm³/mol. The van der Waals surface area contributed by atoms with Crippen LogP contribution >= 0.6 is 23.4 Å². The SMILES string of the molecule is Cc1cnc(Sc2ccc(C(=N)N)c(Cl)c2)nc1. The van der Waals surface area contributed by atoms with E-state index in [1.807, 2.05) is 13.0 Å². The highest BCUT2D eigenvalue weighted by atomic mass is 35.5. The number of rotatable bonds is 3. The first-order valence-corrected chi connectivity index (χ1v) is 6.36. The molecular formula is C12H11ClN4S. The van der Waals surface area contributed by atoms with E-state index in [2.05, 4.69) is 9.97 Å². The van der Waals surface area contributed by atoms with Crippen molar-refractivity contribution in [2.75, 3.05) is 0 Å². The van der Waals surface area contributed by atoms with Gasteiger partial charge in [-0.05, 0) is 42.4 Å². The topological polar surface area (TPSA) is 75.7 Å². The number of hydrogen-bond donors (Lipinski definition) is 2. The Kier molecular flexibility index (Phi) is 3.84. The van der Waals surface area contributed by atoms with Gasteiger partial charge in [0.2, 0.25) is 0 Å². The Morgan fingerprint density at radius 3 is 2.56 bits per heavy atom. The van der Waals surface area contributed by atoms with Gasteiger partial charge in [-0.1, -0.05) is 11.6 Å². The van der Waals surface area contributed by atoms with Gasteiger partial charge in [0.1, 0.15) is 5.84 Å². The van der Waals surface area contributed by atoms with Gasteiger partial charge in [0.25, 0.3) is 0 Å². The Morgan fingerprint density at radius 2 is 2.00 bits per heavy atom. The van der Waals surface area contributed by atoms with Gasteiger partial charge in [0.15, 0.2) is 5.16 Å². The molecule has 2 rings (SSSR count). The summed E-state index contributed by atoms with van der Waals surface area (Å²) in [6, 6.07) is 5.32. The van der Waals surface area contributed by atoms with E-state index in [1.54, 1.807) is 24.5 Å². The first-order chi connectivity index (χ1) is 8.56. The van der Waals surface area contributed by atoms with Crippen LogP contribution in [-0.4, -0.2) is 15.8 Å². The fourth-order valence-electron chi connectivity index (χ4n) is 1.32. The van der Waals surface area contributed by atoms with Gasteiger partial charge in [-0.15, -0.1) is 0 Å². The molecule has 0 aliphatic heterocycles. The summed E-state index contributed by atoms with van der Waals surface area (Å²) < 4.78 is 0. The third-order valence-corrected chi connectivity index (χ3v) is 3.39. The molecule has 0 bridgehead atoms. The van der Waals surface area contributed by atoms with Gasteiger partial charge < -0.3 is 5.73 Å². The molecule has 3 N–H and O–H groups in total. The van der Waals surface area contributed by atoms with E-state index < -0.39 is 0 Å².